The van der Waals surface area contributed by atoms with Gasteiger partial charge in [-0.2, -0.15) is 13.2 Å². The molecule has 0 aliphatic rings. The zero-order valence-corrected chi connectivity index (χ0v) is 12.3. The summed E-state index contributed by atoms with van der Waals surface area (Å²) in [5.41, 5.74) is 1.94. The highest BCUT2D eigenvalue weighted by Gasteiger charge is 2.32. The second-order valence-corrected chi connectivity index (χ2v) is 4.90. The van der Waals surface area contributed by atoms with Gasteiger partial charge in [0.1, 0.15) is 6.54 Å². The largest absolute Gasteiger partial charge is 0.406 e. The minimum atomic E-state index is -4.40. The van der Waals surface area contributed by atoms with E-state index in [1.807, 2.05) is 11.6 Å². The van der Waals surface area contributed by atoms with Gasteiger partial charge in [0.2, 0.25) is 0 Å². The van der Waals surface area contributed by atoms with Crippen LogP contribution in [-0.4, -0.2) is 39.6 Å². The van der Waals surface area contributed by atoms with Crippen molar-refractivity contribution in [1.29, 1.82) is 0 Å². The monoisotopic (exact) mass is 311 g/mol. The molecule has 0 fully saturated rings. The summed E-state index contributed by atoms with van der Waals surface area (Å²) in [6.07, 6.45) is -1.07. The Balaban J connectivity index is 2.19. The van der Waals surface area contributed by atoms with E-state index in [1.165, 1.54) is 19.1 Å². The lowest BCUT2D eigenvalue weighted by Crippen LogP contribution is -2.38. The number of aromatic nitrogens is 2. The van der Waals surface area contributed by atoms with Gasteiger partial charge in [-0.15, -0.1) is 0 Å². The summed E-state index contributed by atoms with van der Waals surface area (Å²) >= 11 is 0. The van der Waals surface area contributed by atoms with Crippen LogP contribution in [0, 0.1) is 0 Å². The molecule has 0 aliphatic heterocycles. The highest BCUT2D eigenvalue weighted by atomic mass is 19.4. The van der Waals surface area contributed by atoms with Gasteiger partial charge in [-0.05, 0) is 24.6 Å². The maximum Gasteiger partial charge on any atom is 0.406 e. The average molecular weight is 311 g/mol. The van der Waals surface area contributed by atoms with Gasteiger partial charge in [0.25, 0.3) is 5.91 Å². The number of rotatable bonds is 4. The Bertz CT molecular complexity index is 647. The Kier molecular flexibility index (Phi) is 4.54. The van der Waals surface area contributed by atoms with Crippen molar-refractivity contribution in [3.8, 4) is 11.3 Å². The lowest BCUT2D eigenvalue weighted by Gasteiger charge is -2.22. The van der Waals surface area contributed by atoms with Gasteiger partial charge in [-0.25, -0.2) is 4.98 Å². The third kappa shape index (κ3) is 3.66. The Morgan fingerprint density at radius 3 is 2.36 bits per heavy atom. The van der Waals surface area contributed by atoms with Crippen LogP contribution in [0.3, 0.4) is 0 Å². The molecule has 7 heteroatoms. The number of nitrogens with zero attached hydrogens (tertiary/aromatic N) is 3. The number of carbonyl (C=O) groups excluding carboxylic acids is 1. The van der Waals surface area contributed by atoms with Crippen LogP contribution in [0.1, 0.15) is 17.3 Å². The second kappa shape index (κ2) is 6.21. The molecule has 1 amide bonds. The topological polar surface area (TPSA) is 38.1 Å². The molecule has 0 saturated heterocycles. The summed E-state index contributed by atoms with van der Waals surface area (Å²) in [6, 6.07) is 6.46. The predicted molar refractivity (Wildman–Crippen MR) is 76.3 cm³/mol. The fourth-order valence-corrected chi connectivity index (χ4v) is 2.15. The van der Waals surface area contributed by atoms with Gasteiger partial charge >= 0.3 is 6.18 Å². The molecule has 0 unspecified atom stereocenters. The highest BCUT2D eigenvalue weighted by molar-refractivity contribution is 5.94. The summed E-state index contributed by atoms with van der Waals surface area (Å²) in [6.45, 7) is 0.279. The van der Waals surface area contributed by atoms with E-state index in [9.17, 15) is 18.0 Å². The van der Waals surface area contributed by atoms with Crippen LogP contribution in [0.25, 0.3) is 11.3 Å². The fraction of sp³-hybridized carbons (Fsp3) is 0.333. The van der Waals surface area contributed by atoms with Crippen LogP contribution in [0.4, 0.5) is 13.2 Å². The SMILES string of the molecule is CCN(CC(F)(F)F)C(=O)c1ccc(-c2cncn2C)cc1. The smallest absolute Gasteiger partial charge is 0.334 e. The molecule has 0 saturated carbocycles. The number of alkyl halides is 3. The number of carbonyl (C=O) groups is 1. The maximum atomic E-state index is 12.5. The van der Waals surface area contributed by atoms with E-state index in [2.05, 4.69) is 4.98 Å². The number of halogens is 3. The van der Waals surface area contributed by atoms with Gasteiger partial charge in [-0.1, -0.05) is 12.1 Å². The van der Waals surface area contributed by atoms with Crippen molar-refractivity contribution in [3.63, 3.8) is 0 Å². The minimum absolute atomic E-state index is 0.00181. The molecule has 0 radical (unpaired) electrons. The molecule has 118 valence electrons. The maximum absolute atomic E-state index is 12.5. The second-order valence-electron chi connectivity index (χ2n) is 4.90. The highest BCUT2D eigenvalue weighted by Crippen LogP contribution is 2.21. The van der Waals surface area contributed by atoms with Crippen LogP contribution >= 0.6 is 0 Å². The van der Waals surface area contributed by atoms with Crippen molar-refractivity contribution in [1.82, 2.24) is 14.5 Å². The van der Waals surface area contributed by atoms with Crippen molar-refractivity contribution in [2.75, 3.05) is 13.1 Å². The number of benzene rings is 1. The van der Waals surface area contributed by atoms with Gasteiger partial charge < -0.3 is 9.47 Å². The zero-order chi connectivity index (χ0) is 16.3. The minimum Gasteiger partial charge on any atom is -0.334 e. The summed E-state index contributed by atoms with van der Waals surface area (Å²) < 4.78 is 39.2. The Morgan fingerprint density at radius 1 is 1.27 bits per heavy atom. The van der Waals surface area contributed by atoms with Gasteiger partial charge in [0.15, 0.2) is 0 Å². The molecule has 0 aliphatic carbocycles. The number of hydrogen-bond acceptors (Lipinski definition) is 2. The van der Waals surface area contributed by atoms with E-state index in [0.29, 0.717) is 0 Å². The quantitative estimate of drug-likeness (QED) is 0.870. The van der Waals surface area contributed by atoms with E-state index in [4.69, 9.17) is 0 Å². The van der Waals surface area contributed by atoms with E-state index in [0.717, 1.165) is 16.2 Å². The van der Waals surface area contributed by atoms with Crippen LogP contribution in [0.5, 0.6) is 0 Å². The van der Waals surface area contributed by atoms with Crippen LogP contribution < -0.4 is 0 Å². The number of hydrogen-bond donors (Lipinski definition) is 0. The molecule has 0 atom stereocenters. The molecular weight excluding hydrogens is 295 g/mol. The molecule has 0 bridgehead atoms. The first-order valence-electron chi connectivity index (χ1n) is 6.74. The molecule has 2 aromatic rings. The first-order chi connectivity index (χ1) is 10.3. The first kappa shape index (κ1) is 16.1. The molecule has 1 heterocycles. The van der Waals surface area contributed by atoms with E-state index >= 15 is 0 Å². The summed E-state index contributed by atoms with van der Waals surface area (Å²) in [4.78, 5) is 16.9. The fourth-order valence-electron chi connectivity index (χ4n) is 2.15. The van der Waals surface area contributed by atoms with Crippen molar-refractivity contribution in [2.45, 2.75) is 13.1 Å². The summed E-state index contributed by atoms with van der Waals surface area (Å²) in [5, 5.41) is 0. The van der Waals surface area contributed by atoms with Gasteiger partial charge in [0.05, 0.1) is 18.2 Å². The van der Waals surface area contributed by atoms with Gasteiger partial charge in [-0.3, -0.25) is 4.79 Å². The summed E-state index contributed by atoms with van der Waals surface area (Å²) in [7, 11) is 1.84. The third-order valence-electron chi connectivity index (χ3n) is 3.28. The van der Waals surface area contributed by atoms with Gasteiger partial charge in [0, 0.05) is 19.2 Å². The Labute approximate surface area is 126 Å². The van der Waals surface area contributed by atoms with Crippen LogP contribution in [0.2, 0.25) is 0 Å². The lowest BCUT2D eigenvalue weighted by atomic mass is 10.1. The van der Waals surface area contributed by atoms with Crippen molar-refractivity contribution in [2.24, 2.45) is 7.05 Å². The molecule has 0 spiro atoms. The predicted octanol–water partition coefficient (Wildman–Crippen LogP) is 3.11. The van der Waals surface area contributed by atoms with Crippen molar-refractivity contribution < 1.29 is 18.0 Å². The number of imidazole rings is 1. The molecule has 4 nitrogen and oxygen atoms in total. The standard InChI is InChI=1S/C15H16F3N3O/c1-3-21(9-15(16,17)18)14(22)12-6-4-11(5-7-12)13-8-19-10-20(13)2/h4-8,10H,3,9H2,1-2H3. The molecule has 0 N–H and O–H groups in total. The summed E-state index contributed by atoms with van der Waals surface area (Å²) in [5.74, 6) is -0.628. The van der Waals surface area contributed by atoms with Crippen molar-refractivity contribution in [3.05, 3.63) is 42.4 Å². The lowest BCUT2D eigenvalue weighted by molar-refractivity contribution is -0.140. The first-order valence-corrected chi connectivity index (χ1v) is 6.74. The van der Waals surface area contributed by atoms with Crippen molar-refractivity contribution >= 4 is 5.91 Å². The van der Waals surface area contributed by atoms with E-state index in [1.54, 1.807) is 24.7 Å². The van der Waals surface area contributed by atoms with E-state index in [-0.39, 0.29) is 12.1 Å². The van der Waals surface area contributed by atoms with Crippen LogP contribution in [-0.2, 0) is 7.05 Å². The number of aryl methyl sites for hydroxylation is 1. The Hall–Kier alpha value is -2.31. The zero-order valence-electron chi connectivity index (χ0n) is 12.3. The third-order valence-corrected chi connectivity index (χ3v) is 3.28. The molecule has 2 rings (SSSR count). The molecule has 22 heavy (non-hydrogen) atoms. The Morgan fingerprint density at radius 2 is 1.91 bits per heavy atom. The average Bonchev–Trinajstić information content (AvgIpc) is 2.89. The normalized spacial score (nSPS) is 11.5. The number of amides is 1. The molecular formula is C15H16F3N3O. The molecule has 1 aromatic carbocycles. The molecule has 1 aromatic heterocycles. The van der Waals surface area contributed by atoms with E-state index < -0.39 is 18.6 Å². The van der Waals surface area contributed by atoms with Crippen LogP contribution in [0.15, 0.2) is 36.8 Å².